The Bertz CT molecular complexity index is 595. The van der Waals surface area contributed by atoms with Gasteiger partial charge in [0.25, 0.3) is 0 Å². The zero-order chi connectivity index (χ0) is 15.2. The van der Waals surface area contributed by atoms with Gasteiger partial charge in [-0.3, -0.25) is 9.69 Å². The zero-order valence-corrected chi connectivity index (χ0v) is 12.5. The van der Waals surface area contributed by atoms with Gasteiger partial charge in [-0.15, -0.1) is 0 Å². The summed E-state index contributed by atoms with van der Waals surface area (Å²) in [7, 11) is 0. The summed E-state index contributed by atoms with van der Waals surface area (Å²) in [5.41, 5.74) is 1.63. The maximum atomic E-state index is 10.8. The minimum atomic E-state index is -0.846. The van der Waals surface area contributed by atoms with Crippen LogP contribution in [0.25, 0.3) is 11.3 Å². The van der Waals surface area contributed by atoms with Crippen molar-refractivity contribution in [2.75, 3.05) is 13.1 Å². The Labute approximate surface area is 128 Å². The van der Waals surface area contributed by atoms with Crippen molar-refractivity contribution < 1.29 is 14.4 Å². The van der Waals surface area contributed by atoms with E-state index in [2.05, 4.69) is 5.16 Å². The molecule has 0 bridgehead atoms. The number of halogens is 1. The van der Waals surface area contributed by atoms with Crippen LogP contribution in [-0.4, -0.2) is 34.2 Å². The first-order valence-corrected chi connectivity index (χ1v) is 7.12. The first-order valence-electron chi connectivity index (χ1n) is 6.74. The molecule has 21 heavy (non-hydrogen) atoms. The van der Waals surface area contributed by atoms with Crippen LogP contribution < -0.4 is 0 Å². The van der Waals surface area contributed by atoms with Crippen LogP contribution in [0.1, 0.15) is 19.1 Å². The van der Waals surface area contributed by atoms with E-state index < -0.39 is 5.97 Å². The number of carboxylic acids is 1. The summed E-state index contributed by atoms with van der Waals surface area (Å²) >= 11 is 5.85. The Morgan fingerprint density at radius 3 is 2.71 bits per heavy atom. The van der Waals surface area contributed by atoms with Crippen molar-refractivity contribution in [3.8, 4) is 11.3 Å². The summed E-state index contributed by atoms with van der Waals surface area (Å²) in [4.78, 5) is 12.6. The predicted octanol–water partition coefficient (Wildman–Crippen LogP) is 3.29. The number of nitrogens with zero attached hydrogens (tertiary/aromatic N) is 2. The summed E-state index contributed by atoms with van der Waals surface area (Å²) in [5.74, 6) is -0.199. The van der Waals surface area contributed by atoms with E-state index in [1.807, 2.05) is 30.0 Å². The van der Waals surface area contributed by atoms with Crippen LogP contribution in [0.3, 0.4) is 0 Å². The second-order valence-corrected chi connectivity index (χ2v) is 5.23. The maximum Gasteiger partial charge on any atom is 0.317 e. The van der Waals surface area contributed by atoms with Gasteiger partial charge in [0.2, 0.25) is 0 Å². The molecule has 1 N–H and O–H groups in total. The highest BCUT2D eigenvalue weighted by molar-refractivity contribution is 6.30. The van der Waals surface area contributed by atoms with Crippen LogP contribution in [0.2, 0.25) is 5.02 Å². The summed E-state index contributed by atoms with van der Waals surface area (Å²) in [6.45, 7) is 3.13. The number of hydrogen-bond acceptors (Lipinski definition) is 4. The topological polar surface area (TPSA) is 66.6 Å². The average Bonchev–Trinajstić information content (AvgIpc) is 2.87. The average molecular weight is 309 g/mol. The first-order chi connectivity index (χ1) is 10.1. The van der Waals surface area contributed by atoms with Crippen molar-refractivity contribution in [3.05, 3.63) is 41.1 Å². The number of hydrogen-bond donors (Lipinski definition) is 1. The second-order valence-electron chi connectivity index (χ2n) is 4.79. The minimum Gasteiger partial charge on any atom is -0.480 e. The number of rotatable bonds is 7. The van der Waals surface area contributed by atoms with Crippen molar-refractivity contribution in [2.24, 2.45) is 0 Å². The molecule has 1 heterocycles. The number of aliphatic carboxylic acids is 1. The van der Waals surface area contributed by atoms with E-state index in [0.717, 1.165) is 12.0 Å². The van der Waals surface area contributed by atoms with Gasteiger partial charge >= 0.3 is 5.97 Å². The van der Waals surface area contributed by atoms with Gasteiger partial charge in [0.05, 0.1) is 13.1 Å². The predicted molar refractivity (Wildman–Crippen MR) is 80.2 cm³/mol. The molecule has 6 heteroatoms. The molecular weight excluding hydrogens is 292 g/mol. The second kappa shape index (κ2) is 7.24. The molecule has 0 saturated carbocycles. The van der Waals surface area contributed by atoms with Crippen LogP contribution in [-0.2, 0) is 11.3 Å². The van der Waals surface area contributed by atoms with Gasteiger partial charge in [-0.05, 0) is 25.1 Å². The molecule has 0 aliphatic carbocycles. The Kier molecular flexibility index (Phi) is 5.36. The first kappa shape index (κ1) is 15.5. The van der Waals surface area contributed by atoms with Crippen molar-refractivity contribution in [1.29, 1.82) is 0 Å². The van der Waals surface area contributed by atoms with E-state index >= 15 is 0 Å². The third kappa shape index (κ3) is 4.58. The maximum absolute atomic E-state index is 10.8. The SMILES string of the molecule is CCCN(CC(=O)O)Cc1cc(-c2ccc(Cl)cc2)no1. The van der Waals surface area contributed by atoms with Gasteiger partial charge < -0.3 is 9.63 Å². The van der Waals surface area contributed by atoms with Crippen molar-refractivity contribution in [1.82, 2.24) is 10.1 Å². The fourth-order valence-electron chi connectivity index (χ4n) is 2.09. The lowest BCUT2D eigenvalue weighted by Crippen LogP contribution is -2.29. The lowest BCUT2D eigenvalue weighted by Gasteiger charge is -2.17. The number of carboxylic acid groups (broad SMARTS) is 1. The van der Waals surface area contributed by atoms with Gasteiger partial charge in [-0.1, -0.05) is 35.8 Å². The minimum absolute atomic E-state index is 0.00911. The molecule has 1 aromatic heterocycles. The Morgan fingerprint density at radius 2 is 2.10 bits per heavy atom. The summed E-state index contributed by atoms with van der Waals surface area (Å²) in [6.07, 6.45) is 0.880. The van der Waals surface area contributed by atoms with Crippen LogP contribution in [0.5, 0.6) is 0 Å². The number of aromatic nitrogens is 1. The monoisotopic (exact) mass is 308 g/mol. The van der Waals surface area contributed by atoms with Crippen LogP contribution in [0.15, 0.2) is 34.9 Å². The zero-order valence-electron chi connectivity index (χ0n) is 11.8. The number of carbonyl (C=O) groups is 1. The molecule has 112 valence electrons. The van der Waals surface area contributed by atoms with E-state index in [1.54, 1.807) is 12.1 Å². The third-order valence-electron chi connectivity index (χ3n) is 2.98. The van der Waals surface area contributed by atoms with E-state index in [0.29, 0.717) is 29.6 Å². The molecule has 0 aliphatic rings. The molecule has 2 rings (SSSR count). The largest absolute Gasteiger partial charge is 0.480 e. The molecule has 0 spiro atoms. The van der Waals surface area contributed by atoms with E-state index in [-0.39, 0.29) is 6.54 Å². The summed E-state index contributed by atoms with van der Waals surface area (Å²) in [6, 6.07) is 9.14. The molecule has 1 aromatic carbocycles. The molecule has 5 nitrogen and oxygen atoms in total. The lowest BCUT2D eigenvalue weighted by molar-refractivity contribution is -0.138. The van der Waals surface area contributed by atoms with Gasteiger partial charge in [-0.25, -0.2) is 0 Å². The highest BCUT2D eigenvalue weighted by Gasteiger charge is 2.13. The Hall–Kier alpha value is -1.85. The summed E-state index contributed by atoms with van der Waals surface area (Å²) < 4.78 is 5.29. The molecule has 0 saturated heterocycles. The lowest BCUT2D eigenvalue weighted by atomic mass is 10.1. The van der Waals surface area contributed by atoms with E-state index in [4.69, 9.17) is 21.2 Å². The molecule has 0 aliphatic heterocycles. The van der Waals surface area contributed by atoms with Crippen LogP contribution in [0.4, 0.5) is 0 Å². The molecule has 0 radical (unpaired) electrons. The fraction of sp³-hybridized carbons (Fsp3) is 0.333. The smallest absolute Gasteiger partial charge is 0.317 e. The highest BCUT2D eigenvalue weighted by Crippen LogP contribution is 2.21. The number of benzene rings is 1. The van der Waals surface area contributed by atoms with Crippen molar-refractivity contribution in [2.45, 2.75) is 19.9 Å². The van der Waals surface area contributed by atoms with E-state index in [1.165, 1.54) is 0 Å². The summed E-state index contributed by atoms with van der Waals surface area (Å²) in [5, 5.41) is 13.6. The molecule has 0 amide bonds. The molecule has 0 atom stereocenters. The Balaban J connectivity index is 2.07. The van der Waals surface area contributed by atoms with Crippen LogP contribution >= 0.6 is 11.6 Å². The van der Waals surface area contributed by atoms with Gasteiger partial charge in [0.15, 0.2) is 5.76 Å². The Morgan fingerprint density at radius 1 is 1.38 bits per heavy atom. The fourth-order valence-corrected chi connectivity index (χ4v) is 2.21. The molecule has 0 unspecified atom stereocenters. The van der Waals surface area contributed by atoms with E-state index in [9.17, 15) is 4.79 Å². The standard InChI is InChI=1S/C15H17ClN2O3/c1-2-7-18(10-15(19)20)9-13-8-14(17-21-13)11-3-5-12(16)6-4-11/h3-6,8H,2,7,9-10H2,1H3,(H,19,20). The third-order valence-corrected chi connectivity index (χ3v) is 3.23. The van der Waals surface area contributed by atoms with Gasteiger partial charge in [0, 0.05) is 16.7 Å². The molecule has 0 fully saturated rings. The quantitative estimate of drug-likeness (QED) is 0.850. The molecular formula is C15H17ClN2O3. The van der Waals surface area contributed by atoms with Gasteiger partial charge in [0.1, 0.15) is 5.69 Å². The van der Waals surface area contributed by atoms with Crippen molar-refractivity contribution in [3.63, 3.8) is 0 Å². The normalized spacial score (nSPS) is 11.0. The molecule has 2 aromatic rings. The highest BCUT2D eigenvalue weighted by atomic mass is 35.5. The van der Waals surface area contributed by atoms with Gasteiger partial charge in [-0.2, -0.15) is 0 Å². The van der Waals surface area contributed by atoms with Crippen LogP contribution in [0, 0.1) is 0 Å². The van der Waals surface area contributed by atoms with Crippen molar-refractivity contribution >= 4 is 17.6 Å².